The monoisotopic (exact) mass is 496 g/mol. The molecule has 8 nitrogen and oxygen atoms in total. The molecule has 29 heavy (non-hydrogen) atoms. The maximum atomic E-state index is 12.7. The van der Waals surface area contributed by atoms with Crippen LogP contribution in [-0.4, -0.2) is 26.1 Å². The highest BCUT2D eigenvalue weighted by Crippen LogP contribution is 2.27. The molecule has 3 aromatic rings. The van der Waals surface area contributed by atoms with E-state index in [1.807, 2.05) is 6.92 Å². The molecule has 0 unspecified atom stereocenters. The van der Waals surface area contributed by atoms with E-state index in [4.69, 9.17) is 11.6 Å². The first kappa shape index (κ1) is 21.3. The van der Waals surface area contributed by atoms with Gasteiger partial charge in [-0.3, -0.25) is 24.3 Å². The number of hydrogen-bond donors (Lipinski definition) is 1. The normalized spacial score (nSPS) is 10.9. The third-order valence-electron chi connectivity index (χ3n) is 3.96. The van der Waals surface area contributed by atoms with Crippen molar-refractivity contribution >= 4 is 67.5 Å². The number of fused-ring (bicyclic) bond motifs is 1. The minimum Gasteiger partial charge on any atom is -0.325 e. The molecular weight excluding hydrogens is 484 g/mol. The van der Waals surface area contributed by atoms with E-state index in [0.717, 1.165) is 16.2 Å². The second-order valence-corrected chi connectivity index (χ2v) is 8.13. The SMILES string of the molecule is CCn1c(SCC(=O)Nc2ccc(Cl)c([N+](=O)[O-])c2)nc2ccc(Br)cc2c1=O. The summed E-state index contributed by atoms with van der Waals surface area (Å²) < 4.78 is 2.28. The van der Waals surface area contributed by atoms with Crippen LogP contribution >= 0.6 is 39.3 Å². The first-order valence-corrected chi connectivity index (χ1v) is 10.5. The number of carbonyl (C=O) groups is 1. The second kappa shape index (κ2) is 8.93. The molecule has 0 aliphatic heterocycles. The van der Waals surface area contributed by atoms with Crippen LogP contribution in [0.15, 0.2) is 50.8 Å². The van der Waals surface area contributed by atoms with E-state index in [-0.39, 0.29) is 33.6 Å². The third-order valence-corrected chi connectivity index (χ3v) is 5.75. The van der Waals surface area contributed by atoms with Crippen LogP contribution in [0.1, 0.15) is 6.92 Å². The minimum absolute atomic E-state index is 0.0127. The summed E-state index contributed by atoms with van der Waals surface area (Å²) in [5.41, 5.74) is 0.323. The summed E-state index contributed by atoms with van der Waals surface area (Å²) in [7, 11) is 0. The first-order chi connectivity index (χ1) is 13.8. The summed E-state index contributed by atoms with van der Waals surface area (Å²) in [5.74, 6) is -0.412. The van der Waals surface area contributed by atoms with Crippen LogP contribution in [0.4, 0.5) is 11.4 Å². The van der Waals surface area contributed by atoms with Gasteiger partial charge < -0.3 is 5.32 Å². The Labute approximate surface area is 182 Å². The van der Waals surface area contributed by atoms with E-state index in [9.17, 15) is 19.7 Å². The quantitative estimate of drug-likeness (QED) is 0.233. The van der Waals surface area contributed by atoms with Crippen molar-refractivity contribution in [1.82, 2.24) is 9.55 Å². The van der Waals surface area contributed by atoms with Gasteiger partial charge in [-0.05, 0) is 37.3 Å². The molecule has 1 heterocycles. The van der Waals surface area contributed by atoms with Gasteiger partial charge >= 0.3 is 0 Å². The van der Waals surface area contributed by atoms with E-state index >= 15 is 0 Å². The van der Waals surface area contributed by atoms with Gasteiger partial charge in [-0.1, -0.05) is 39.3 Å². The van der Waals surface area contributed by atoms with Crippen molar-refractivity contribution in [3.8, 4) is 0 Å². The van der Waals surface area contributed by atoms with Gasteiger partial charge in [-0.25, -0.2) is 4.98 Å². The van der Waals surface area contributed by atoms with Crippen LogP contribution < -0.4 is 10.9 Å². The van der Waals surface area contributed by atoms with Crippen molar-refractivity contribution in [2.45, 2.75) is 18.6 Å². The van der Waals surface area contributed by atoms with Crippen molar-refractivity contribution in [2.75, 3.05) is 11.1 Å². The van der Waals surface area contributed by atoms with Crippen LogP contribution in [0.5, 0.6) is 0 Å². The number of anilines is 1. The largest absolute Gasteiger partial charge is 0.325 e. The van der Waals surface area contributed by atoms with Gasteiger partial charge in [0.15, 0.2) is 5.16 Å². The predicted molar refractivity (Wildman–Crippen MR) is 117 cm³/mol. The number of carbonyl (C=O) groups excluding carboxylic acids is 1. The Morgan fingerprint density at radius 2 is 2.10 bits per heavy atom. The van der Waals surface area contributed by atoms with Gasteiger partial charge in [0.1, 0.15) is 5.02 Å². The van der Waals surface area contributed by atoms with Gasteiger partial charge in [0.2, 0.25) is 5.91 Å². The number of aromatic nitrogens is 2. The number of thioether (sulfide) groups is 1. The van der Waals surface area contributed by atoms with Crippen LogP contribution in [0, 0.1) is 10.1 Å². The molecule has 0 fully saturated rings. The highest BCUT2D eigenvalue weighted by Gasteiger charge is 2.16. The molecule has 3 rings (SSSR count). The number of nitro benzene ring substituents is 1. The molecule has 0 aliphatic carbocycles. The molecule has 1 amide bonds. The number of nitrogens with zero attached hydrogens (tertiary/aromatic N) is 3. The fraction of sp³-hybridized carbons (Fsp3) is 0.167. The van der Waals surface area contributed by atoms with Gasteiger partial charge in [-0.2, -0.15) is 0 Å². The molecule has 0 radical (unpaired) electrons. The molecule has 2 aromatic carbocycles. The highest BCUT2D eigenvalue weighted by molar-refractivity contribution is 9.10. The maximum Gasteiger partial charge on any atom is 0.289 e. The summed E-state index contributed by atoms with van der Waals surface area (Å²) in [5, 5.41) is 14.4. The third kappa shape index (κ3) is 4.77. The Bertz CT molecular complexity index is 1180. The van der Waals surface area contributed by atoms with Gasteiger partial charge in [-0.15, -0.1) is 0 Å². The molecule has 11 heteroatoms. The van der Waals surface area contributed by atoms with Crippen molar-refractivity contribution in [2.24, 2.45) is 0 Å². The van der Waals surface area contributed by atoms with E-state index in [2.05, 4.69) is 26.2 Å². The zero-order valence-corrected chi connectivity index (χ0v) is 18.2. The molecule has 0 spiro atoms. The van der Waals surface area contributed by atoms with E-state index in [1.165, 1.54) is 22.8 Å². The molecule has 150 valence electrons. The number of amides is 1. The number of benzene rings is 2. The van der Waals surface area contributed by atoms with E-state index in [1.54, 1.807) is 18.2 Å². The fourth-order valence-corrected chi connectivity index (χ4v) is 4.03. The van der Waals surface area contributed by atoms with Crippen molar-refractivity contribution in [3.05, 3.63) is 66.4 Å². The second-order valence-electron chi connectivity index (χ2n) is 5.87. The lowest BCUT2D eigenvalue weighted by atomic mass is 10.2. The molecule has 0 bridgehead atoms. The highest BCUT2D eigenvalue weighted by atomic mass is 79.9. The first-order valence-electron chi connectivity index (χ1n) is 8.37. The van der Waals surface area contributed by atoms with Gasteiger partial charge in [0.25, 0.3) is 11.2 Å². The van der Waals surface area contributed by atoms with E-state index in [0.29, 0.717) is 22.6 Å². The molecular formula is C18H14BrClN4O4S. The Kier molecular flexibility index (Phi) is 6.56. The fourth-order valence-electron chi connectivity index (χ4n) is 2.62. The summed E-state index contributed by atoms with van der Waals surface area (Å²) in [4.78, 5) is 39.8. The minimum atomic E-state index is -0.621. The summed E-state index contributed by atoms with van der Waals surface area (Å²) in [6, 6.07) is 9.26. The summed E-state index contributed by atoms with van der Waals surface area (Å²) in [6.07, 6.45) is 0. The van der Waals surface area contributed by atoms with Crippen molar-refractivity contribution in [3.63, 3.8) is 0 Å². The average Bonchev–Trinajstić information content (AvgIpc) is 2.68. The predicted octanol–water partition coefficient (Wildman–Crippen LogP) is 4.47. The van der Waals surface area contributed by atoms with Crippen LogP contribution in [0.25, 0.3) is 10.9 Å². The summed E-state index contributed by atoms with van der Waals surface area (Å²) >= 11 is 10.2. The Balaban J connectivity index is 1.79. The lowest BCUT2D eigenvalue weighted by Gasteiger charge is -2.11. The van der Waals surface area contributed by atoms with Gasteiger partial charge in [0.05, 0.1) is 21.6 Å². The number of rotatable bonds is 6. The van der Waals surface area contributed by atoms with Crippen LogP contribution in [0.3, 0.4) is 0 Å². The zero-order chi connectivity index (χ0) is 21.1. The Hall–Kier alpha value is -2.43. The number of nitrogens with one attached hydrogen (secondary N) is 1. The summed E-state index contributed by atoms with van der Waals surface area (Å²) in [6.45, 7) is 2.23. The Morgan fingerprint density at radius 1 is 1.34 bits per heavy atom. The van der Waals surface area contributed by atoms with Crippen molar-refractivity contribution in [1.29, 1.82) is 0 Å². The van der Waals surface area contributed by atoms with E-state index < -0.39 is 4.92 Å². The lowest BCUT2D eigenvalue weighted by molar-refractivity contribution is -0.384. The van der Waals surface area contributed by atoms with Crippen LogP contribution in [-0.2, 0) is 11.3 Å². The maximum absolute atomic E-state index is 12.7. The Morgan fingerprint density at radius 3 is 2.79 bits per heavy atom. The van der Waals surface area contributed by atoms with Crippen LogP contribution in [0.2, 0.25) is 5.02 Å². The van der Waals surface area contributed by atoms with Crippen molar-refractivity contribution < 1.29 is 9.72 Å². The topological polar surface area (TPSA) is 107 Å². The molecule has 0 atom stereocenters. The standard InChI is InChI=1S/C18H14BrClN4O4S/c1-2-23-17(26)12-7-10(19)3-6-14(12)22-18(23)29-9-16(25)21-11-4-5-13(20)15(8-11)24(27)28/h3-8H,2,9H2,1H3,(H,21,25). The lowest BCUT2D eigenvalue weighted by Crippen LogP contribution is -2.23. The molecule has 1 N–H and O–H groups in total. The zero-order valence-electron chi connectivity index (χ0n) is 15.0. The molecule has 1 aromatic heterocycles. The molecule has 0 saturated carbocycles. The van der Waals surface area contributed by atoms with Gasteiger partial charge in [0, 0.05) is 22.8 Å². The number of hydrogen-bond acceptors (Lipinski definition) is 6. The average molecular weight is 498 g/mol. The molecule has 0 saturated heterocycles. The molecule has 0 aliphatic rings. The number of nitro groups is 1. The smallest absolute Gasteiger partial charge is 0.289 e. The number of halogens is 2.